The van der Waals surface area contributed by atoms with Crippen LogP contribution in [0.1, 0.15) is 16.1 Å². The Labute approximate surface area is 152 Å². The van der Waals surface area contributed by atoms with E-state index in [-0.39, 0.29) is 0 Å². The fourth-order valence-electron chi connectivity index (χ4n) is 2.72. The van der Waals surface area contributed by atoms with Crippen molar-refractivity contribution in [2.75, 3.05) is 7.11 Å². The van der Waals surface area contributed by atoms with Crippen LogP contribution in [0.15, 0.2) is 51.8 Å². The van der Waals surface area contributed by atoms with E-state index < -0.39 is 5.97 Å². The van der Waals surface area contributed by atoms with Crippen molar-refractivity contribution in [1.29, 1.82) is 0 Å². The highest BCUT2D eigenvalue weighted by Crippen LogP contribution is 2.36. The van der Waals surface area contributed by atoms with Crippen molar-refractivity contribution >= 4 is 44.6 Å². The van der Waals surface area contributed by atoms with Gasteiger partial charge in [0.25, 0.3) is 0 Å². The largest absolute Gasteiger partial charge is 0.496 e. The number of nitrogens with zero attached hydrogens (tertiary/aromatic N) is 1. The fourth-order valence-corrected chi connectivity index (χ4v) is 4.21. The molecule has 0 saturated carbocycles. The van der Waals surface area contributed by atoms with Gasteiger partial charge in [-0.3, -0.25) is 0 Å². The van der Waals surface area contributed by atoms with Crippen LogP contribution in [0, 0.1) is 0 Å². The Morgan fingerprint density at radius 2 is 2.00 bits per heavy atom. The summed E-state index contributed by atoms with van der Waals surface area (Å²) in [5.41, 5.74) is 1.98. The average Bonchev–Trinajstić information content (AvgIpc) is 2.85. The van der Waals surface area contributed by atoms with E-state index in [0.29, 0.717) is 22.5 Å². The van der Waals surface area contributed by atoms with Crippen molar-refractivity contribution in [3.05, 3.63) is 58.2 Å². The maximum atomic E-state index is 11.9. The van der Waals surface area contributed by atoms with E-state index in [1.807, 2.05) is 48.0 Å². The second-order valence-corrected chi connectivity index (χ2v) is 7.19. The van der Waals surface area contributed by atoms with Crippen LogP contribution < -0.4 is 4.74 Å². The molecule has 1 heterocycles. The van der Waals surface area contributed by atoms with Gasteiger partial charge in [0.15, 0.2) is 0 Å². The summed E-state index contributed by atoms with van der Waals surface area (Å²) in [6, 6.07) is 13.6. The summed E-state index contributed by atoms with van der Waals surface area (Å²) < 4.78 is 8.06. The van der Waals surface area contributed by atoms with Crippen LogP contribution in [-0.2, 0) is 12.8 Å². The Bertz CT molecular complexity index is 906. The van der Waals surface area contributed by atoms with Gasteiger partial charge < -0.3 is 14.4 Å². The molecule has 3 rings (SSSR count). The molecule has 1 N–H and O–H groups in total. The molecule has 24 heavy (non-hydrogen) atoms. The summed E-state index contributed by atoms with van der Waals surface area (Å²) >= 11 is 5.09. The van der Waals surface area contributed by atoms with Gasteiger partial charge in [0.1, 0.15) is 5.75 Å². The molecule has 4 nitrogen and oxygen atoms in total. The zero-order valence-electron chi connectivity index (χ0n) is 13.2. The number of ether oxygens (including phenoxy) is 1. The number of halogens is 1. The third-order valence-corrected chi connectivity index (χ3v) is 5.57. The van der Waals surface area contributed by atoms with E-state index >= 15 is 0 Å². The Hall–Kier alpha value is -1.92. The Morgan fingerprint density at radius 1 is 1.29 bits per heavy atom. The molecule has 1 aromatic heterocycles. The molecular formula is C18H16BrNO3S. The topological polar surface area (TPSA) is 51.5 Å². The molecular weight excluding hydrogens is 390 g/mol. The molecule has 0 saturated heterocycles. The van der Waals surface area contributed by atoms with Gasteiger partial charge >= 0.3 is 5.97 Å². The van der Waals surface area contributed by atoms with Crippen LogP contribution >= 0.6 is 27.7 Å². The van der Waals surface area contributed by atoms with Crippen LogP contribution in [0.5, 0.6) is 5.75 Å². The average molecular weight is 406 g/mol. The van der Waals surface area contributed by atoms with Crippen molar-refractivity contribution in [3.8, 4) is 5.75 Å². The van der Waals surface area contributed by atoms with Crippen molar-refractivity contribution in [3.63, 3.8) is 0 Å². The smallest absolute Gasteiger partial charge is 0.338 e. The summed E-state index contributed by atoms with van der Waals surface area (Å²) in [5.74, 6) is 0.281. The number of methoxy groups -OCH3 is 1. The normalized spacial score (nSPS) is 11.0. The molecule has 0 aliphatic carbocycles. The number of carboxylic acid groups (broad SMARTS) is 1. The number of aromatic carboxylic acids is 1. The lowest BCUT2D eigenvalue weighted by Crippen LogP contribution is -2.03. The third kappa shape index (κ3) is 3.03. The van der Waals surface area contributed by atoms with E-state index in [0.717, 1.165) is 20.6 Å². The second-order valence-electron chi connectivity index (χ2n) is 5.29. The molecule has 0 aliphatic rings. The van der Waals surface area contributed by atoms with Gasteiger partial charge in [0.2, 0.25) is 0 Å². The molecule has 0 bridgehead atoms. The SMILES string of the molecule is COc1cc2c(C(=O)O)c(CSc3ccccc3)n(C)c2cc1Br. The highest BCUT2D eigenvalue weighted by atomic mass is 79.9. The van der Waals surface area contributed by atoms with Gasteiger partial charge in [-0.2, -0.15) is 0 Å². The number of hydrogen-bond donors (Lipinski definition) is 1. The molecule has 0 spiro atoms. The first-order chi connectivity index (χ1) is 11.5. The highest BCUT2D eigenvalue weighted by Gasteiger charge is 2.22. The lowest BCUT2D eigenvalue weighted by atomic mass is 10.1. The van der Waals surface area contributed by atoms with E-state index in [1.54, 1.807) is 24.9 Å². The summed E-state index contributed by atoms with van der Waals surface area (Å²) in [5, 5.41) is 10.4. The van der Waals surface area contributed by atoms with E-state index in [2.05, 4.69) is 15.9 Å². The molecule has 0 amide bonds. The molecule has 124 valence electrons. The van der Waals surface area contributed by atoms with E-state index in [4.69, 9.17) is 4.74 Å². The third-order valence-electron chi connectivity index (χ3n) is 3.93. The number of carbonyl (C=O) groups is 1. The van der Waals surface area contributed by atoms with Crippen LogP contribution in [0.4, 0.5) is 0 Å². The maximum Gasteiger partial charge on any atom is 0.338 e. The molecule has 3 aromatic rings. The molecule has 0 unspecified atom stereocenters. The highest BCUT2D eigenvalue weighted by molar-refractivity contribution is 9.10. The number of thioether (sulfide) groups is 1. The zero-order valence-corrected chi connectivity index (χ0v) is 15.6. The Kier molecular flexibility index (Phi) is 4.87. The number of benzene rings is 2. The fraction of sp³-hybridized carbons (Fsp3) is 0.167. The van der Waals surface area contributed by atoms with Crippen molar-refractivity contribution < 1.29 is 14.6 Å². The van der Waals surface area contributed by atoms with E-state index in [9.17, 15) is 9.90 Å². The van der Waals surface area contributed by atoms with Crippen LogP contribution in [0.25, 0.3) is 10.9 Å². The number of aryl methyl sites for hydroxylation is 1. The minimum atomic E-state index is -0.923. The molecule has 0 fully saturated rings. The molecule has 6 heteroatoms. The van der Waals surface area contributed by atoms with Gasteiger partial charge in [-0.05, 0) is 40.2 Å². The zero-order chi connectivity index (χ0) is 17.3. The number of aromatic nitrogens is 1. The quantitative estimate of drug-likeness (QED) is 0.610. The standard InChI is InChI=1S/C18H16BrNO3S/c1-20-14-9-13(19)16(23-2)8-12(14)17(18(21)22)15(20)10-24-11-6-4-3-5-7-11/h3-9H,10H2,1-2H3,(H,21,22). The first-order valence-corrected chi connectivity index (χ1v) is 9.06. The summed E-state index contributed by atoms with van der Waals surface area (Å²) in [6.07, 6.45) is 0. The summed E-state index contributed by atoms with van der Waals surface area (Å²) in [4.78, 5) is 13.0. The molecule has 2 aromatic carbocycles. The lowest BCUT2D eigenvalue weighted by molar-refractivity contribution is 0.0698. The minimum Gasteiger partial charge on any atom is -0.496 e. The van der Waals surface area contributed by atoms with Crippen molar-refractivity contribution in [2.45, 2.75) is 10.6 Å². The second kappa shape index (κ2) is 6.91. The van der Waals surface area contributed by atoms with Gasteiger partial charge in [-0.15, -0.1) is 11.8 Å². The first kappa shape index (κ1) is 16.9. The van der Waals surface area contributed by atoms with Gasteiger partial charge in [-0.1, -0.05) is 18.2 Å². The first-order valence-electron chi connectivity index (χ1n) is 7.29. The Morgan fingerprint density at radius 3 is 2.62 bits per heavy atom. The Balaban J connectivity index is 2.10. The number of carboxylic acids is 1. The van der Waals surface area contributed by atoms with Gasteiger partial charge in [0.05, 0.1) is 22.7 Å². The summed E-state index contributed by atoms with van der Waals surface area (Å²) in [6.45, 7) is 0. The predicted octanol–water partition coefficient (Wildman–Crippen LogP) is 4.94. The van der Waals surface area contributed by atoms with Crippen LogP contribution in [0.3, 0.4) is 0 Å². The predicted molar refractivity (Wildman–Crippen MR) is 100 cm³/mol. The summed E-state index contributed by atoms with van der Waals surface area (Å²) in [7, 11) is 3.47. The van der Waals surface area contributed by atoms with Crippen molar-refractivity contribution in [2.24, 2.45) is 7.05 Å². The molecule has 0 aliphatic heterocycles. The van der Waals surface area contributed by atoms with Gasteiger partial charge in [0, 0.05) is 28.8 Å². The van der Waals surface area contributed by atoms with Gasteiger partial charge in [-0.25, -0.2) is 4.79 Å². The van der Waals surface area contributed by atoms with Crippen LogP contribution in [-0.4, -0.2) is 22.8 Å². The van der Waals surface area contributed by atoms with Crippen molar-refractivity contribution in [1.82, 2.24) is 4.57 Å². The maximum absolute atomic E-state index is 11.9. The monoisotopic (exact) mass is 405 g/mol. The van der Waals surface area contributed by atoms with Crippen LogP contribution in [0.2, 0.25) is 0 Å². The number of rotatable bonds is 5. The molecule has 0 atom stereocenters. The minimum absolute atomic E-state index is 0.335. The molecule has 0 radical (unpaired) electrons. The number of hydrogen-bond acceptors (Lipinski definition) is 3. The number of fused-ring (bicyclic) bond motifs is 1. The lowest BCUT2D eigenvalue weighted by Gasteiger charge is -2.06. The van der Waals surface area contributed by atoms with E-state index in [1.165, 1.54) is 0 Å².